The van der Waals surface area contributed by atoms with Crippen LogP contribution in [0, 0.1) is 0 Å². The van der Waals surface area contributed by atoms with Crippen molar-refractivity contribution in [2.45, 2.75) is 19.8 Å². The van der Waals surface area contributed by atoms with Gasteiger partial charge in [0, 0.05) is 31.6 Å². The van der Waals surface area contributed by atoms with Crippen LogP contribution in [0.1, 0.15) is 29.3 Å². The van der Waals surface area contributed by atoms with Crippen LogP contribution >= 0.6 is 23.7 Å². The minimum atomic E-state index is -0.634. The predicted octanol–water partition coefficient (Wildman–Crippen LogP) is 5.91. The Balaban J connectivity index is 0.00000308. The van der Waals surface area contributed by atoms with Crippen LogP contribution in [0.5, 0.6) is 0 Å². The molecule has 2 aromatic heterocycles. The fourth-order valence-electron chi connectivity index (χ4n) is 5.02. The van der Waals surface area contributed by atoms with Gasteiger partial charge in [0.15, 0.2) is 5.13 Å². The molecular formula is C30H30ClN3O4S. The van der Waals surface area contributed by atoms with Crippen molar-refractivity contribution in [1.29, 1.82) is 0 Å². The van der Waals surface area contributed by atoms with Crippen LogP contribution in [0.2, 0.25) is 0 Å². The number of carbonyl (C=O) groups excluding carboxylic acids is 1. The molecule has 3 aromatic carbocycles. The SMILES string of the molecule is CCc1ccc2nc(N(CCCN3CCOCC3)C(=O)c3cc4c(ccc5ccccc54)oc3=O)sc2c1.Cl. The second-order valence-electron chi connectivity index (χ2n) is 9.56. The number of halogens is 1. The average Bonchev–Trinajstić information content (AvgIpc) is 3.38. The maximum atomic E-state index is 14.0. The lowest BCUT2D eigenvalue weighted by Crippen LogP contribution is -2.40. The number of fused-ring (bicyclic) bond motifs is 4. The molecule has 39 heavy (non-hydrogen) atoms. The standard InChI is InChI=1S/C30H29N3O4S.ClH/c1-2-20-8-10-25-27(18-20)38-30(31-25)33(13-5-12-32-14-16-36-17-15-32)28(34)24-19-23-22-7-4-3-6-21(22)9-11-26(23)37-29(24)35;/h3-4,6-11,18-19H,2,5,12-17H2,1H3;1H. The van der Waals surface area contributed by atoms with Crippen LogP contribution in [0.25, 0.3) is 32.0 Å². The number of morpholine rings is 1. The number of benzene rings is 3. The van der Waals surface area contributed by atoms with Crippen LogP contribution in [0.3, 0.4) is 0 Å². The molecule has 202 valence electrons. The Kier molecular flexibility index (Phi) is 8.28. The monoisotopic (exact) mass is 563 g/mol. The lowest BCUT2D eigenvalue weighted by atomic mass is 10.0. The molecule has 5 aromatic rings. The van der Waals surface area contributed by atoms with Crippen LogP contribution in [0.15, 0.2) is 69.9 Å². The number of hydrogen-bond donors (Lipinski definition) is 0. The van der Waals surface area contributed by atoms with Gasteiger partial charge in [-0.05, 0) is 53.4 Å². The van der Waals surface area contributed by atoms with Crippen LogP contribution in [-0.4, -0.2) is 55.2 Å². The van der Waals surface area contributed by atoms with Crippen molar-refractivity contribution in [3.05, 3.63) is 82.2 Å². The van der Waals surface area contributed by atoms with Crippen LogP contribution in [-0.2, 0) is 11.2 Å². The number of carbonyl (C=O) groups is 1. The zero-order chi connectivity index (χ0) is 26.1. The molecule has 0 saturated carbocycles. The molecule has 9 heteroatoms. The number of anilines is 1. The molecule has 0 spiro atoms. The third-order valence-electron chi connectivity index (χ3n) is 7.16. The zero-order valence-corrected chi connectivity index (χ0v) is 23.4. The van der Waals surface area contributed by atoms with Gasteiger partial charge in [-0.2, -0.15) is 0 Å². The molecule has 6 rings (SSSR count). The summed E-state index contributed by atoms with van der Waals surface area (Å²) in [5.74, 6) is -0.384. The third-order valence-corrected chi connectivity index (χ3v) is 8.20. The Morgan fingerprint density at radius 1 is 1.05 bits per heavy atom. The Morgan fingerprint density at radius 3 is 2.69 bits per heavy atom. The summed E-state index contributed by atoms with van der Waals surface area (Å²) in [5, 5.41) is 3.30. The number of rotatable bonds is 7. The second-order valence-corrected chi connectivity index (χ2v) is 10.6. The van der Waals surface area contributed by atoms with E-state index >= 15 is 0 Å². The molecule has 0 N–H and O–H groups in total. The molecule has 1 aliphatic rings. The highest BCUT2D eigenvalue weighted by Gasteiger charge is 2.25. The number of ether oxygens (including phenoxy) is 1. The van der Waals surface area contributed by atoms with Gasteiger partial charge in [0.05, 0.1) is 23.4 Å². The maximum Gasteiger partial charge on any atom is 0.349 e. The van der Waals surface area contributed by atoms with Gasteiger partial charge >= 0.3 is 5.63 Å². The second kappa shape index (κ2) is 11.8. The van der Waals surface area contributed by atoms with Gasteiger partial charge in [-0.25, -0.2) is 9.78 Å². The zero-order valence-electron chi connectivity index (χ0n) is 21.7. The number of nitrogens with zero attached hydrogens (tertiary/aromatic N) is 3. The molecule has 0 bridgehead atoms. The van der Waals surface area contributed by atoms with Crippen molar-refractivity contribution < 1.29 is 13.9 Å². The molecule has 1 saturated heterocycles. The summed E-state index contributed by atoms with van der Waals surface area (Å²) in [6.45, 7) is 6.64. The normalized spacial score (nSPS) is 14.1. The van der Waals surface area contributed by atoms with Crippen molar-refractivity contribution in [1.82, 2.24) is 9.88 Å². The largest absolute Gasteiger partial charge is 0.422 e. The highest BCUT2D eigenvalue weighted by molar-refractivity contribution is 7.22. The topological polar surface area (TPSA) is 75.9 Å². The van der Waals surface area contributed by atoms with Crippen molar-refractivity contribution in [2.75, 3.05) is 44.3 Å². The fourth-order valence-corrected chi connectivity index (χ4v) is 6.07. The number of hydrogen-bond acceptors (Lipinski definition) is 7. The first-order chi connectivity index (χ1) is 18.6. The lowest BCUT2D eigenvalue weighted by molar-refractivity contribution is 0.0376. The van der Waals surface area contributed by atoms with Gasteiger partial charge in [0.1, 0.15) is 11.1 Å². The molecule has 1 aliphatic heterocycles. The molecule has 0 aliphatic carbocycles. The maximum absolute atomic E-state index is 14.0. The molecule has 3 heterocycles. The van der Waals surface area contributed by atoms with E-state index in [9.17, 15) is 9.59 Å². The van der Waals surface area contributed by atoms with E-state index < -0.39 is 5.63 Å². The quantitative estimate of drug-likeness (QED) is 0.181. The minimum Gasteiger partial charge on any atom is -0.422 e. The van der Waals surface area contributed by atoms with E-state index in [1.807, 2.05) is 36.4 Å². The smallest absolute Gasteiger partial charge is 0.349 e. The predicted molar refractivity (Wildman–Crippen MR) is 160 cm³/mol. The first-order valence-corrected chi connectivity index (χ1v) is 13.9. The summed E-state index contributed by atoms with van der Waals surface area (Å²) in [6.07, 6.45) is 1.68. The highest BCUT2D eigenvalue weighted by atomic mass is 35.5. The van der Waals surface area contributed by atoms with Crippen molar-refractivity contribution in [3.63, 3.8) is 0 Å². The van der Waals surface area contributed by atoms with Crippen molar-refractivity contribution >= 4 is 66.7 Å². The summed E-state index contributed by atoms with van der Waals surface area (Å²) >= 11 is 1.48. The van der Waals surface area contributed by atoms with E-state index in [4.69, 9.17) is 14.1 Å². The first-order valence-electron chi connectivity index (χ1n) is 13.1. The molecular weight excluding hydrogens is 534 g/mol. The van der Waals surface area contributed by atoms with Crippen molar-refractivity contribution in [2.24, 2.45) is 0 Å². The Hall–Kier alpha value is -3.30. The van der Waals surface area contributed by atoms with Gasteiger partial charge in [-0.15, -0.1) is 12.4 Å². The molecule has 1 fully saturated rings. The summed E-state index contributed by atoms with van der Waals surface area (Å²) < 4.78 is 12.1. The van der Waals surface area contributed by atoms with Gasteiger partial charge in [-0.3, -0.25) is 14.6 Å². The summed E-state index contributed by atoms with van der Waals surface area (Å²) in [7, 11) is 0. The number of aryl methyl sites for hydroxylation is 1. The fraction of sp³-hybridized carbons (Fsp3) is 0.300. The van der Waals surface area contributed by atoms with Gasteiger partial charge in [-0.1, -0.05) is 54.7 Å². The van der Waals surface area contributed by atoms with E-state index in [1.54, 1.807) is 17.0 Å². The van der Waals surface area contributed by atoms with Crippen LogP contribution in [0.4, 0.5) is 5.13 Å². The summed E-state index contributed by atoms with van der Waals surface area (Å²) in [6, 6.07) is 19.5. The van der Waals surface area contributed by atoms with E-state index in [2.05, 4.69) is 24.0 Å². The Labute approximate surface area is 236 Å². The average molecular weight is 564 g/mol. The summed E-state index contributed by atoms with van der Waals surface area (Å²) in [5.41, 5.74) is 1.93. The Bertz CT molecular complexity index is 1690. The van der Waals surface area contributed by atoms with Gasteiger partial charge in [0.2, 0.25) is 0 Å². The first kappa shape index (κ1) is 27.3. The van der Waals surface area contributed by atoms with E-state index in [1.165, 1.54) is 16.9 Å². The molecule has 0 unspecified atom stereocenters. The van der Waals surface area contributed by atoms with Gasteiger partial charge < -0.3 is 9.15 Å². The molecule has 7 nitrogen and oxygen atoms in total. The van der Waals surface area contributed by atoms with Crippen LogP contribution < -0.4 is 10.5 Å². The number of thiazole rings is 1. The Morgan fingerprint density at radius 2 is 1.87 bits per heavy atom. The highest BCUT2D eigenvalue weighted by Crippen LogP contribution is 2.31. The van der Waals surface area contributed by atoms with E-state index in [-0.39, 0.29) is 23.9 Å². The van der Waals surface area contributed by atoms with Crippen molar-refractivity contribution in [3.8, 4) is 0 Å². The van der Waals surface area contributed by atoms with E-state index in [0.29, 0.717) is 17.3 Å². The minimum absolute atomic E-state index is 0. The van der Waals surface area contributed by atoms with Gasteiger partial charge in [0.25, 0.3) is 5.91 Å². The molecule has 1 amide bonds. The molecule has 0 radical (unpaired) electrons. The van der Waals surface area contributed by atoms with E-state index in [0.717, 1.165) is 72.1 Å². The summed E-state index contributed by atoms with van der Waals surface area (Å²) in [4.78, 5) is 35.9. The number of amides is 1. The lowest BCUT2D eigenvalue weighted by Gasteiger charge is -2.27. The molecule has 0 atom stereocenters. The number of aromatic nitrogens is 1. The third kappa shape index (κ3) is 5.56.